The van der Waals surface area contributed by atoms with E-state index in [0.29, 0.717) is 23.7 Å². The molecule has 4 aromatic carbocycles. The predicted octanol–water partition coefficient (Wildman–Crippen LogP) is 6.89. The molecule has 0 aromatic heterocycles. The molecule has 4 rings (SSSR count). The van der Waals surface area contributed by atoms with Gasteiger partial charge in [-0.3, -0.25) is 9.59 Å². The summed E-state index contributed by atoms with van der Waals surface area (Å²) >= 11 is 0. The van der Waals surface area contributed by atoms with Gasteiger partial charge in [0.1, 0.15) is 35.8 Å². The Morgan fingerprint density at radius 3 is 1.38 bits per heavy atom. The largest absolute Gasteiger partial charge is 0.298 e. The van der Waals surface area contributed by atoms with Gasteiger partial charge in [0.2, 0.25) is 0 Å². The number of carbonyl (C=O) groups is 2. The van der Waals surface area contributed by atoms with Crippen LogP contribution in [0.5, 0.6) is 0 Å². The maximum absolute atomic E-state index is 13.7. The van der Waals surface area contributed by atoms with Crippen LogP contribution in [0.2, 0.25) is 0 Å². The van der Waals surface area contributed by atoms with Crippen LogP contribution >= 0.6 is 0 Å². The normalized spacial score (nSPS) is 10.1. The second kappa shape index (κ2) is 10.3. The molecule has 0 radical (unpaired) electrons. The Kier molecular flexibility index (Phi) is 7.29. The van der Waals surface area contributed by atoms with Crippen LogP contribution in [0.15, 0.2) is 84.9 Å². The van der Waals surface area contributed by atoms with Crippen LogP contribution in [0, 0.1) is 23.3 Å². The fraction of sp³-hybridized carbons (Fsp3) is 0. The number of aldehydes is 2. The fourth-order valence-corrected chi connectivity index (χ4v) is 3.00. The van der Waals surface area contributed by atoms with Crippen molar-refractivity contribution in [3.63, 3.8) is 0 Å². The molecule has 0 amide bonds. The summed E-state index contributed by atoms with van der Waals surface area (Å²) < 4.78 is 53.9. The van der Waals surface area contributed by atoms with Gasteiger partial charge in [0.15, 0.2) is 0 Å². The van der Waals surface area contributed by atoms with Gasteiger partial charge in [0, 0.05) is 33.4 Å². The van der Waals surface area contributed by atoms with E-state index in [2.05, 4.69) is 0 Å². The molecule has 6 heteroatoms. The molecule has 0 bridgehead atoms. The Labute approximate surface area is 181 Å². The fourth-order valence-electron chi connectivity index (χ4n) is 3.00. The lowest BCUT2D eigenvalue weighted by Crippen LogP contribution is -1.92. The molecule has 0 aliphatic rings. The topological polar surface area (TPSA) is 34.1 Å². The molecule has 4 aromatic rings. The zero-order valence-corrected chi connectivity index (χ0v) is 16.6. The minimum Gasteiger partial charge on any atom is -0.298 e. The number of benzene rings is 4. The summed E-state index contributed by atoms with van der Waals surface area (Å²) in [7, 11) is 0. The number of carbonyl (C=O) groups excluding carboxylic acids is 2. The van der Waals surface area contributed by atoms with E-state index in [1.54, 1.807) is 36.4 Å². The van der Waals surface area contributed by atoms with Crippen molar-refractivity contribution in [2.75, 3.05) is 0 Å². The summed E-state index contributed by atoms with van der Waals surface area (Å²) in [6.07, 6.45) is 1.06. The second-order valence-electron chi connectivity index (χ2n) is 6.67. The highest BCUT2D eigenvalue weighted by atomic mass is 19.1. The maximum atomic E-state index is 13.7. The lowest BCUT2D eigenvalue weighted by molar-refractivity contribution is 0.111. The Morgan fingerprint density at radius 1 is 0.438 bits per heavy atom. The first kappa shape index (κ1) is 22.6. The zero-order valence-electron chi connectivity index (χ0n) is 16.6. The molecule has 0 spiro atoms. The van der Waals surface area contributed by atoms with Crippen LogP contribution in [0.1, 0.15) is 20.7 Å². The molecule has 0 fully saturated rings. The minimum absolute atomic E-state index is 0.00505. The van der Waals surface area contributed by atoms with Crippen molar-refractivity contribution in [1.29, 1.82) is 0 Å². The minimum atomic E-state index is -0.707. The van der Waals surface area contributed by atoms with E-state index in [1.807, 2.05) is 0 Å². The molecule has 160 valence electrons. The highest BCUT2D eigenvalue weighted by molar-refractivity contribution is 5.81. The number of hydrogen-bond acceptors (Lipinski definition) is 2. The van der Waals surface area contributed by atoms with Gasteiger partial charge in [-0.15, -0.1) is 0 Å². The van der Waals surface area contributed by atoms with Crippen molar-refractivity contribution >= 4 is 12.6 Å². The number of halogens is 4. The molecule has 0 saturated carbocycles. The third kappa shape index (κ3) is 5.16. The van der Waals surface area contributed by atoms with E-state index in [-0.39, 0.29) is 22.3 Å². The first-order chi connectivity index (χ1) is 15.4. The predicted molar refractivity (Wildman–Crippen MR) is 114 cm³/mol. The summed E-state index contributed by atoms with van der Waals surface area (Å²) in [5, 5.41) is 0. The van der Waals surface area contributed by atoms with E-state index in [9.17, 15) is 27.2 Å². The van der Waals surface area contributed by atoms with Gasteiger partial charge >= 0.3 is 0 Å². The zero-order chi connectivity index (χ0) is 23.1. The van der Waals surface area contributed by atoms with Gasteiger partial charge in [0.05, 0.1) is 0 Å². The monoisotopic (exact) mass is 436 g/mol. The molecule has 32 heavy (non-hydrogen) atoms. The molecular formula is C26H16F4O2. The van der Waals surface area contributed by atoms with Crippen molar-refractivity contribution in [1.82, 2.24) is 0 Å². The van der Waals surface area contributed by atoms with Crippen molar-refractivity contribution < 1.29 is 27.2 Å². The van der Waals surface area contributed by atoms with Crippen LogP contribution in [0.25, 0.3) is 22.3 Å². The quantitative estimate of drug-likeness (QED) is 0.258. The summed E-state index contributed by atoms with van der Waals surface area (Å²) in [6.45, 7) is 0. The van der Waals surface area contributed by atoms with Gasteiger partial charge in [-0.25, -0.2) is 17.6 Å². The lowest BCUT2D eigenvalue weighted by atomic mass is 10.0. The van der Waals surface area contributed by atoms with Crippen LogP contribution in [0.4, 0.5) is 17.6 Å². The molecule has 0 aliphatic heterocycles. The molecule has 0 saturated heterocycles. The standard InChI is InChI=1S/C14H8F2O2.C12H8F2/c15-13-4-2-9(7-17)5-12(13)11-3-1-10(8-18)6-14(11)16;13-11-7-3-1-5-9(11)10-6-2-4-8-12(10)14/h1-8H;1-8H. The molecule has 0 atom stereocenters. The first-order valence-electron chi connectivity index (χ1n) is 9.44. The van der Waals surface area contributed by atoms with Gasteiger partial charge in [-0.05, 0) is 36.4 Å². The average Bonchev–Trinajstić information content (AvgIpc) is 2.81. The number of hydrogen-bond donors (Lipinski definition) is 0. The molecule has 0 aliphatic carbocycles. The van der Waals surface area contributed by atoms with E-state index < -0.39 is 23.3 Å². The molecule has 0 unspecified atom stereocenters. The summed E-state index contributed by atoms with van der Waals surface area (Å²) in [6, 6.07) is 19.7. The Morgan fingerprint density at radius 2 is 0.875 bits per heavy atom. The highest BCUT2D eigenvalue weighted by Gasteiger charge is 2.11. The third-order valence-corrected chi connectivity index (χ3v) is 4.58. The second-order valence-corrected chi connectivity index (χ2v) is 6.67. The smallest absolute Gasteiger partial charge is 0.150 e. The number of rotatable bonds is 4. The maximum Gasteiger partial charge on any atom is 0.150 e. The van der Waals surface area contributed by atoms with E-state index in [4.69, 9.17) is 0 Å². The van der Waals surface area contributed by atoms with Gasteiger partial charge in [0.25, 0.3) is 0 Å². The molecular weight excluding hydrogens is 420 g/mol. The Hall–Kier alpha value is -4.06. The summed E-state index contributed by atoms with van der Waals surface area (Å²) in [5.41, 5.74) is 1.03. The van der Waals surface area contributed by atoms with Gasteiger partial charge < -0.3 is 0 Å². The van der Waals surface area contributed by atoms with E-state index in [1.165, 1.54) is 36.4 Å². The van der Waals surface area contributed by atoms with Crippen molar-refractivity contribution in [2.24, 2.45) is 0 Å². The van der Waals surface area contributed by atoms with Gasteiger partial charge in [-0.1, -0.05) is 48.5 Å². The van der Waals surface area contributed by atoms with Crippen molar-refractivity contribution in [2.45, 2.75) is 0 Å². The SMILES string of the molecule is Fc1ccccc1-c1ccccc1F.O=Cc1ccc(-c2cc(C=O)ccc2F)c(F)c1. The van der Waals surface area contributed by atoms with Gasteiger partial charge in [-0.2, -0.15) is 0 Å². The Balaban J connectivity index is 0.000000186. The molecule has 0 heterocycles. The molecule has 0 N–H and O–H groups in total. The Bertz CT molecular complexity index is 1220. The molecule has 2 nitrogen and oxygen atoms in total. The summed E-state index contributed by atoms with van der Waals surface area (Å²) in [5.74, 6) is -2.14. The first-order valence-corrected chi connectivity index (χ1v) is 9.44. The van der Waals surface area contributed by atoms with Crippen LogP contribution in [-0.2, 0) is 0 Å². The van der Waals surface area contributed by atoms with Crippen LogP contribution in [0.3, 0.4) is 0 Å². The third-order valence-electron chi connectivity index (χ3n) is 4.58. The highest BCUT2D eigenvalue weighted by Crippen LogP contribution is 2.27. The van der Waals surface area contributed by atoms with Crippen LogP contribution in [-0.4, -0.2) is 12.6 Å². The van der Waals surface area contributed by atoms with E-state index in [0.717, 1.165) is 12.1 Å². The van der Waals surface area contributed by atoms with E-state index >= 15 is 0 Å². The lowest BCUT2D eigenvalue weighted by Gasteiger charge is -2.06. The summed E-state index contributed by atoms with van der Waals surface area (Å²) in [4.78, 5) is 21.1. The average molecular weight is 436 g/mol. The van der Waals surface area contributed by atoms with Crippen molar-refractivity contribution in [3.8, 4) is 22.3 Å². The van der Waals surface area contributed by atoms with Crippen molar-refractivity contribution in [3.05, 3.63) is 119 Å². The van der Waals surface area contributed by atoms with Crippen LogP contribution < -0.4 is 0 Å².